The number of amides is 1. The Balaban J connectivity index is 1.56. The zero-order valence-electron chi connectivity index (χ0n) is 15.0. The molecule has 6 nitrogen and oxygen atoms in total. The molecule has 2 heterocycles. The van der Waals surface area contributed by atoms with Crippen LogP contribution in [0.1, 0.15) is 48.6 Å². The smallest absolute Gasteiger partial charge is 0.226 e. The second kappa shape index (κ2) is 7.11. The Morgan fingerprint density at radius 1 is 1.23 bits per heavy atom. The van der Waals surface area contributed by atoms with Crippen LogP contribution in [0.2, 0.25) is 0 Å². The lowest BCUT2D eigenvalue weighted by Crippen LogP contribution is -2.43. The number of hydrogen-bond acceptors (Lipinski definition) is 4. The SMILES string of the molecule is COc1ccc(C2CN(C(=O)C3CCC(O)CC3)Cc3[nH]cnc32)cc1. The van der Waals surface area contributed by atoms with E-state index in [9.17, 15) is 9.90 Å². The third-order valence-corrected chi connectivity index (χ3v) is 5.71. The molecule has 1 aromatic heterocycles. The largest absolute Gasteiger partial charge is 0.497 e. The Morgan fingerprint density at radius 2 is 1.96 bits per heavy atom. The Hall–Kier alpha value is -2.34. The first-order chi connectivity index (χ1) is 12.7. The summed E-state index contributed by atoms with van der Waals surface area (Å²) < 4.78 is 5.25. The molecule has 1 saturated carbocycles. The van der Waals surface area contributed by atoms with Crippen molar-refractivity contribution in [2.24, 2.45) is 5.92 Å². The summed E-state index contributed by atoms with van der Waals surface area (Å²) in [6.07, 6.45) is 4.47. The first kappa shape index (κ1) is 17.1. The lowest BCUT2D eigenvalue weighted by molar-refractivity contribution is -0.138. The first-order valence-electron chi connectivity index (χ1n) is 9.28. The van der Waals surface area contributed by atoms with Crippen molar-refractivity contribution < 1.29 is 14.6 Å². The number of nitrogens with zero attached hydrogens (tertiary/aromatic N) is 2. The summed E-state index contributed by atoms with van der Waals surface area (Å²) in [4.78, 5) is 22.7. The Kier molecular flexibility index (Phi) is 4.68. The van der Waals surface area contributed by atoms with E-state index >= 15 is 0 Å². The number of H-pyrrole nitrogens is 1. The van der Waals surface area contributed by atoms with Crippen molar-refractivity contribution >= 4 is 5.91 Å². The highest BCUT2D eigenvalue weighted by molar-refractivity contribution is 5.79. The van der Waals surface area contributed by atoms with E-state index in [1.807, 2.05) is 29.2 Å². The fraction of sp³-hybridized carbons (Fsp3) is 0.500. The lowest BCUT2D eigenvalue weighted by atomic mass is 9.85. The van der Waals surface area contributed by atoms with Gasteiger partial charge in [0.05, 0.1) is 37.5 Å². The van der Waals surface area contributed by atoms with Crippen molar-refractivity contribution in [2.75, 3.05) is 13.7 Å². The third kappa shape index (κ3) is 3.21. The average Bonchev–Trinajstić information content (AvgIpc) is 3.16. The molecule has 0 spiro atoms. The molecule has 1 aromatic carbocycles. The number of hydrogen-bond donors (Lipinski definition) is 2. The number of carbonyl (C=O) groups excluding carboxylic acids is 1. The normalized spacial score (nSPS) is 25.6. The molecule has 2 N–H and O–H groups in total. The monoisotopic (exact) mass is 355 g/mol. The minimum Gasteiger partial charge on any atom is -0.497 e. The number of aromatic nitrogens is 2. The van der Waals surface area contributed by atoms with Crippen LogP contribution in [0.5, 0.6) is 5.75 Å². The average molecular weight is 355 g/mol. The number of methoxy groups -OCH3 is 1. The van der Waals surface area contributed by atoms with E-state index in [1.54, 1.807) is 13.4 Å². The van der Waals surface area contributed by atoms with Gasteiger partial charge < -0.3 is 19.7 Å². The zero-order chi connectivity index (χ0) is 18.1. The van der Waals surface area contributed by atoms with Gasteiger partial charge in [0.1, 0.15) is 5.75 Å². The molecule has 4 rings (SSSR count). The molecule has 6 heteroatoms. The predicted molar refractivity (Wildman–Crippen MR) is 96.8 cm³/mol. The maximum absolute atomic E-state index is 13.1. The standard InChI is InChI=1S/C20H25N3O3/c1-26-16-8-4-13(5-9-16)17-10-23(11-18-19(17)22-12-21-18)20(25)14-2-6-15(24)7-3-14/h4-5,8-9,12,14-15,17,24H,2-3,6-7,10-11H2,1H3,(H,21,22). The van der Waals surface area contributed by atoms with Gasteiger partial charge in [0, 0.05) is 18.4 Å². The van der Waals surface area contributed by atoms with Crippen LogP contribution in [0.3, 0.4) is 0 Å². The van der Waals surface area contributed by atoms with E-state index in [0.717, 1.165) is 48.4 Å². The summed E-state index contributed by atoms with van der Waals surface area (Å²) in [5.41, 5.74) is 3.18. The van der Waals surface area contributed by atoms with Crippen molar-refractivity contribution in [3.05, 3.63) is 47.5 Å². The van der Waals surface area contributed by atoms with Gasteiger partial charge in [-0.2, -0.15) is 0 Å². The molecule has 2 aromatic rings. The van der Waals surface area contributed by atoms with Gasteiger partial charge in [-0.15, -0.1) is 0 Å². The molecule has 0 bridgehead atoms. The summed E-state index contributed by atoms with van der Waals surface area (Å²) in [6, 6.07) is 8.00. The van der Waals surface area contributed by atoms with Crippen LogP contribution in [-0.2, 0) is 11.3 Å². The van der Waals surface area contributed by atoms with Gasteiger partial charge in [0.2, 0.25) is 5.91 Å². The molecule has 26 heavy (non-hydrogen) atoms. The van der Waals surface area contributed by atoms with Gasteiger partial charge in [0.25, 0.3) is 0 Å². The molecule has 1 amide bonds. The van der Waals surface area contributed by atoms with Gasteiger partial charge in [-0.05, 0) is 43.4 Å². The van der Waals surface area contributed by atoms with Crippen LogP contribution < -0.4 is 4.74 Å². The third-order valence-electron chi connectivity index (χ3n) is 5.71. The summed E-state index contributed by atoms with van der Waals surface area (Å²) in [5, 5.41) is 9.71. The highest BCUT2D eigenvalue weighted by Crippen LogP contribution is 2.34. The number of imidazole rings is 1. The molecule has 1 aliphatic heterocycles. The van der Waals surface area contributed by atoms with E-state index in [-0.39, 0.29) is 23.8 Å². The maximum atomic E-state index is 13.1. The number of fused-ring (bicyclic) bond motifs is 1. The lowest BCUT2D eigenvalue weighted by Gasteiger charge is -2.36. The summed E-state index contributed by atoms with van der Waals surface area (Å²) in [5.74, 6) is 1.12. The molecule has 1 atom stereocenters. The summed E-state index contributed by atoms with van der Waals surface area (Å²) >= 11 is 0. The van der Waals surface area contributed by atoms with Crippen LogP contribution in [0.4, 0.5) is 0 Å². The van der Waals surface area contributed by atoms with Crippen molar-refractivity contribution in [3.63, 3.8) is 0 Å². The molecule has 0 radical (unpaired) electrons. The van der Waals surface area contributed by atoms with Gasteiger partial charge in [-0.1, -0.05) is 12.1 Å². The van der Waals surface area contributed by atoms with E-state index < -0.39 is 0 Å². The van der Waals surface area contributed by atoms with E-state index in [1.165, 1.54) is 0 Å². The number of nitrogens with one attached hydrogen (secondary N) is 1. The highest BCUT2D eigenvalue weighted by atomic mass is 16.5. The highest BCUT2D eigenvalue weighted by Gasteiger charge is 2.35. The van der Waals surface area contributed by atoms with E-state index in [0.29, 0.717) is 13.1 Å². The van der Waals surface area contributed by atoms with Crippen LogP contribution in [0, 0.1) is 5.92 Å². The van der Waals surface area contributed by atoms with Gasteiger partial charge in [-0.3, -0.25) is 4.79 Å². The Bertz CT molecular complexity index is 763. The van der Waals surface area contributed by atoms with Crippen molar-refractivity contribution in [3.8, 4) is 5.75 Å². The number of aliphatic hydroxyl groups excluding tert-OH is 1. The molecule has 138 valence electrons. The number of carbonyl (C=O) groups is 1. The van der Waals surface area contributed by atoms with Crippen LogP contribution in [-0.4, -0.2) is 45.6 Å². The maximum Gasteiger partial charge on any atom is 0.226 e. The minimum absolute atomic E-state index is 0.0272. The molecular weight excluding hydrogens is 330 g/mol. The molecule has 2 aliphatic rings. The van der Waals surface area contributed by atoms with Crippen molar-refractivity contribution in [1.29, 1.82) is 0 Å². The first-order valence-corrected chi connectivity index (χ1v) is 9.28. The Morgan fingerprint density at radius 3 is 2.65 bits per heavy atom. The zero-order valence-corrected chi connectivity index (χ0v) is 15.0. The molecule has 1 unspecified atom stereocenters. The molecular formula is C20H25N3O3. The van der Waals surface area contributed by atoms with Gasteiger partial charge in [-0.25, -0.2) is 4.98 Å². The molecule has 1 aliphatic carbocycles. The number of ether oxygens (including phenoxy) is 1. The van der Waals surface area contributed by atoms with Gasteiger partial charge >= 0.3 is 0 Å². The number of aromatic amines is 1. The van der Waals surface area contributed by atoms with Crippen LogP contribution in [0.25, 0.3) is 0 Å². The second-order valence-electron chi connectivity index (χ2n) is 7.32. The number of benzene rings is 1. The Labute approximate surface area is 153 Å². The summed E-state index contributed by atoms with van der Waals surface area (Å²) in [7, 11) is 1.66. The summed E-state index contributed by atoms with van der Waals surface area (Å²) in [6.45, 7) is 1.22. The predicted octanol–water partition coefficient (Wildman–Crippen LogP) is 2.44. The quantitative estimate of drug-likeness (QED) is 0.886. The molecule has 0 saturated heterocycles. The van der Waals surface area contributed by atoms with Gasteiger partial charge in [0.15, 0.2) is 0 Å². The number of rotatable bonds is 3. The topological polar surface area (TPSA) is 78.5 Å². The minimum atomic E-state index is -0.244. The van der Waals surface area contributed by atoms with E-state index in [2.05, 4.69) is 9.97 Å². The van der Waals surface area contributed by atoms with Crippen molar-refractivity contribution in [2.45, 2.75) is 44.2 Å². The van der Waals surface area contributed by atoms with Crippen LogP contribution in [0.15, 0.2) is 30.6 Å². The number of aliphatic hydroxyl groups is 1. The fourth-order valence-electron chi connectivity index (χ4n) is 4.17. The van der Waals surface area contributed by atoms with Crippen molar-refractivity contribution in [1.82, 2.24) is 14.9 Å². The van der Waals surface area contributed by atoms with E-state index in [4.69, 9.17) is 4.74 Å². The fourth-order valence-corrected chi connectivity index (χ4v) is 4.17. The molecule has 1 fully saturated rings. The van der Waals surface area contributed by atoms with Crippen LogP contribution >= 0.6 is 0 Å². The second-order valence-corrected chi connectivity index (χ2v) is 7.32.